The predicted molar refractivity (Wildman–Crippen MR) is 84.5 cm³/mol. The fraction of sp³-hybridized carbons (Fsp3) is 0.167. The van der Waals surface area contributed by atoms with Crippen molar-refractivity contribution in [1.29, 1.82) is 0 Å². The molecule has 0 radical (unpaired) electrons. The minimum absolute atomic E-state index is 0.160. The van der Waals surface area contributed by atoms with Crippen LogP contribution in [0.25, 0.3) is 0 Å². The molecule has 0 saturated heterocycles. The normalized spacial score (nSPS) is 11.2. The summed E-state index contributed by atoms with van der Waals surface area (Å²) in [5.74, 6) is 0. The molecule has 104 valence electrons. The van der Waals surface area contributed by atoms with Gasteiger partial charge in [0.05, 0.1) is 21.4 Å². The van der Waals surface area contributed by atoms with E-state index in [1.54, 1.807) is 25.1 Å². The third-order valence-electron chi connectivity index (χ3n) is 2.65. The molecular weight excluding hydrogens is 317 g/mol. The SMILES string of the molecule is Cc1nn(C(N)=S)c(C)c1N=Nc1cccc(Cl)c1Cl. The first-order valence-corrected chi connectivity index (χ1v) is 6.80. The van der Waals surface area contributed by atoms with Crippen molar-refractivity contribution >= 4 is 51.9 Å². The average molecular weight is 328 g/mol. The number of halogens is 2. The molecule has 0 saturated carbocycles. The highest BCUT2D eigenvalue weighted by Gasteiger charge is 2.13. The Labute approximate surface area is 131 Å². The Morgan fingerprint density at radius 3 is 2.60 bits per heavy atom. The van der Waals surface area contributed by atoms with Crippen molar-refractivity contribution in [2.45, 2.75) is 13.8 Å². The Bertz CT molecular complexity index is 708. The molecule has 0 unspecified atom stereocenters. The van der Waals surface area contributed by atoms with Crippen LogP contribution in [0.2, 0.25) is 10.0 Å². The summed E-state index contributed by atoms with van der Waals surface area (Å²) in [5, 5.41) is 13.4. The van der Waals surface area contributed by atoms with Crippen LogP contribution in [0.1, 0.15) is 11.4 Å². The van der Waals surface area contributed by atoms with Crippen LogP contribution < -0.4 is 5.73 Å². The van der Waals surface area contributed by atoms with Crippen molar-refractivity contribution in [3.8, 4) is 0 Å². The van der Waals surface area contributed by atoms with E-state index >= 15 is 0 Å². The van der Waals surface area contributed by atoms with Crippen LogP contribution in [0.15, 0.2) is 28.4 Å². The Morgan fingerprint density at radius 1 is 1.30 bits per heavy atom. The molecule has 5 nitrogen and oxygen atoms in total. The lowest BCUT2D eigenvalue weighted by Gasteiger charge is -2.00. The number of azo groups is 1. The van der Waals surface area contributed by atoms with E-state index in [2.05, 4.69) is 15.3 Å². The second kappa shape index (κ2) is 5.87. The van der Waals surface area contributed by atoms with Gasteiger partial charge in [0, 0.05) is 0 Å². The summed E-state index contributed by atoms with van der Waals surface area (Å²) < 4.78 is 1.44. The third kappa shape index (κ3) is 2.82. The lowest BCUT2D eigenvalue weighted by atomic mass is 10.3. The molecule has 0 aliphatic carbocycles. The van der Waals surface area contributed by atoms with E-state index in [0.29, 0.717) is 27.1 Å². The zero-order valence-electron chi connectivity index (χ0n) is 10.8. The van der Waals surface area contributed by atoms with E-state index in [4.69, 9.17) is 41.2 Å². The number of aryl methyl sites for hydroxylation is 1. The smallest absolute Gasteiger partial charge is 0.191 e. The van der Waals surface area contributed by atoms with E-state index in [-0.39, 0.29) is 5.11 Å². The van der Waals surface area contributed by atoms with Gasteiger partial charge in [-0.2, -0.15) is 5.10 Å². The van der Waals surface area contributed by atoms with Crippen molar-refractivity contribution in [2.75, 3.05) is 0 Å². The first-order valence-electron chi connectivity index (χ1n) is 5.63. The number of aromatic nitrogens is 2. The van der Waals surface area contributed by atoms with Crippen LogP contribution in [0, 0.1) is 13.8 Å². The van der Waals surface area contributed by atoms with Crippen LogP contribution >= 0.6 is 35.4 Å². The van der Waals surface area contributed by atoms with Gasteiger partial charge in [-0.05, 0) is 38.2 Å². The quantitative estimate of drug-likeness (QED) is 0.659. The molecule has 8 heteroatoms. The van der Waals surface area contributed by atoms with Crippen molar-refractivity contribution in [3.05, 3.63) is 39.6 Å². The topological polar surface area (TPSA) is 68.6 Å². The summed E-state index contributed by atoms with van der Waals surface area (Å²) >= 11 is 16.9. The number of nitrogens with zero attached hydrogens (tertiary/aromatic N) is 4. The minimum Gasteiger partial charge on any atom is -0.374 e. The van der Waals surface area contributed by atoms with Crippen molar-refractivity contribution in [2.24, 2.45) is 16.0 Å². The van der Waals surface area contributed by atoms with Crippen molar-refractivity contribution in [1.82, 2.24) is 9.78 Å². The molecule has 0 spiro atoms. The summed E-state index contributed by atoms with van der Waals surface area (Å²) in [6, 6.07) is 5.16. The lowest BCUT2D eigenvalue weighted by Crippen LogP contribution is -2.21. The zero-order chi connectivity index (χ0) is 14.9. The molecular formula is C12H11Cl2N5S. The number of hydrogen-bond acceptors (Lipinski definition) is 4. The zero-order valence-corrected chi connectivity index (χ0v) is 13.1. The Kier molecular flexibility index (Phi) is 4.37. The number of nitrogens with two attached hydrogens (primary N) is 1. The molecule has 0 atom stereocenters. The molecule has 2 rings (SSSR count). The minimum atomic E-state index is 0.160. The number of hydrogen-bond donors (Lipinski definition) is 1. The van der Waals surface area contributed by atoms with Gasteiger partial charge < -0.3 is 5.73 Å². The van der Waals surface area contributed by atoms with Crippen molar-refractivity contribution < 1.29 is 0 Å². The van der Waals surface area contributed by atoms with E-state index < -0.39 is 0 Å². The largest absolute Gasteiger partial charge is 0.374 e. The highest BCUT2D eigenvalue weighted by molar-refractivity contribution is 7.80. The van der Waals surface area contributed by atoms with Gasteiger partial charge in [0.1, 0.15) is 11.4 Å². The van der Waals surface area contributed by atoms with Gasteiger partial charge in [0.15, 0.2) is 5.11 Å². The first kappa shape index (κ1) is 14.9. The summed E-state index contributed by atoms with van der Waals surface area (Å²) in [7, 11) is 0. The summed E-state index contributed by atoms with van der Waals surface area (Å²) in [6.07, 6.45) is 0. The van der Waals surface area contributed by atoms with Crippen molar-refractivity contribution in [3.63, 3.8) is 0 Å². The maximum atomic E-state index is 6.05. The number of rotatable bonds is 2. The van der Waals surface area contributed by atoms with E-state index in [0.717, 1.165) is 5.69 Å². The third-order valence-corrected chi connectivity index (χ3v) is 3.63. The Hall–Kier alpha value is -1.50. The highest BCUT2D eigenvalue weighted by atomic mass is 35.5. The van der Waals surface area contributed by atoms with Gasteiger partial charge in [0.2, 0.25) is 0 Å². The maximum Gasteiger partial charge on any atom is 0.191 e. The average Bonchev–Trinajstić information content (AvgIpc) is 2.67. The second-order valence-corrected chi connectivity index (χ2v) is 5.25. The summed E-state index contributed by atoms with van der Waals surface area (Å²) in [4.78, 5) is 0. The lowest BCUT2D eigenvalue weighted by molar-refractivity contribution is 0.886. The molecule has 0 aliphatic heterocycles. The van der Waals surface area contributed by atoms with Gasteiger partial charge >= 0.3 is 0 Å². The van der Waals surface area contributed by atoms with E-state index in [1.807, 2.05) is 6.92 Å². The molecule has 0 aliphatic rings. The standard InChI is InChI=1S/C12H11Cl2N5S/c1-6-11(7(2)19(18-6)12(15)20)17-16-9-5-3-4-8(13)10(9)14/h3-5H,1-2H3,(H2,15,20). The summed E-state index contributed by atoms with van der Waals surface area (Å²) in [6.45, 7) is 3.61. The Balaban J connectivity index is 2.42. The molecule has 1 aromatic carbocycles. The predicted octanol–water partition coefficient (Wildman–Crippen LogP) is 4.31. The molecule has 1 heterocycles. The van der Waals surface area contributed by atoms with Gasteiger partial charge in [0.25, 0.3) is 0 Å². The molecule has 2 aromatic rings. The van der Waals surface area contributed by atoms with Crippen LogP contribution in [-0.4, -0.2) is 14.9 Å². The van der Waals surface area contributed by atoms with Gasteiger partial charge in [-0.3, -0.25) is 0 Å². The number of thiocarbonyl (C=S) groups is 1. The van der Waals surface area contributed by atoms with Crippen LogP contribution in [0.5, 0.6) is 0 Å². The molecule has 0 amide bonds. The fourth-order valence-electron chi connectivity index (χ4n) is 1.67. The van der Waals surface area contributed by atoms with Crippen LogP contribution in [-0.2, 0) is 0 Å². The monoisotopic (exact) mass is 327 g/mol. The Morgan fingerprint density at radius 2 is 2.00 bits per heavy atom. The maximum absolute atomic E-state index is 6.05. The number of benzene rings is 1. The molecule has 0 bridgehead atoms. The molecule has 20 heavy (non-hydrogen) atoms. The van der Waals surface area contributed by atoms with Crippen LogP contribution in [0.4, 0.5) is 11.4 Å². The van der Waals surface area contributed by atoms with Gasteiger partial charge in [-0.25, -0.2) is 4.68 Å². The van der Waals surface area contributed by atoms with E-state index in [9.17, 15) is 0 Å². The van der Waals surface area contributed by atoms with Gasteiger partial charge in [-0.1, -0.05) is 29.3 Å². The van der Waals surface area contributed by atoms with Crippen LogP contribution in [0.3, 0.4) is 0 Å². The van der Waals surface area contributed by atoms with E-state index in [1.165, 1.54) is 4.68 Å². The first-order chi connectivity index (χ1) is 9.41. The van der Waals surface area contributed by atoms with Gasteiger partial charge in [-0.15, -0.1) is 10.2 Å². The second-order valence-electron chi connectivity index (χ2n) is 4.04. The summed E-state index contributed by atoms with van der Waals surface area (Å²) in [5.41, 5.74) is 8.06. The molecule has 1 aromatic heterocycles. The fourth-order valence-corrected chi connectivity index (χ4v) is 2.18. The molecule has 2 N–H and O–H groups in total. The molecule has 0 fully saturated rings. The highest BCUT2D eigenvalue weighted by Crippen LogP contribution is 2.33.